The molecule has 0 aromatic heterocycles. The highest BCUT2D eigenvalue weighted by Crippen LogP contribution is 2.41. The molecule has 2 aliphatic heterocycles. The SMILES string of the molecule is CCCCC1(CC)CO[Si]2(OC1)OCC(CC)(CCCC)CO2. The van der Waals surface area contributed by atoms with E-state index in [0.717, 1.165) is 39.3 Å². The van der Waals surface area contributed by atoms with Crippen molar-refractivity contribution in [3.63, 3.8) is 0 Å². The summed E-state index contributed by atoms with van der Waals surface area (Å²) in [6, 6.07) is 0. The maximum atomic E-state index is 6.12. The van der Waals surface area contributed by atoms with Gasteiger partial charge in [-0.05, 0) is 25.7 Å². The molecule has 0 unspecified atom stereocenters. The van der Waals surface area contributed by atoms with Crippen molar-refractivity contribution < 1.29 is 17.7 Å². The zero-order valence-corrected chi connectivity index (χ0v) is 16.6. The third-order valence-electron chi connectivity index (χ3n) is 5.84. The molecule has 0 aromatic rings. The lowest BCUT2D eigenvalue weighted by molar-refractivity contribution is -0.162. The highest BCUT2D eigenvalue weighted by atomic mass is 28.4. The molecule has 0 aromatic carbocycles. The minimum atomic E-state index is -2.86. The minimum Gasteiger partial charge on any atom is -0.351 e. The van der Waals surface area contributed by atoms with Gasteiger partial charge in [0.15, 0.2) is 0 Å². The summed E-state index contributed by atoms with van der Waals surface area (Å²) < 4.78 is 24.5. The first kappa shape index (κ1) is 19.4. The quantitative estimate of drug-likeness (QED) is 0.599. The van der Waals surface area contributed by atoms with E-state index in [1.54, 1.807) is 0 Å². The van der Waals surface area contributed by atoms with Crippen LogP contribution in [0.2, 0.25) is 0 Å². The van der Waals surface area contributed by atoms with Gasteiger partial charge in [0.1, 0.15) is 0 Å². The Balaban J connectivity index is 1.89. The van der Waals surface area contributed by atoms with Gasteiger partial charge in [-0.15, -0.1) is 0 Å². The summed E-state index contributed by atoms with van der Waals surface area (Å²) >= 11 is 0. The summed E-state index contributed by atoms with van der Waals surface area (Å²) in [4.78, 5) is 0. The van der Waals surface area contributed by atoms with Gasteiger partial charge in [0.05, 0.1) is 0 Å². The first-order valence-electron chi connectivity index (χ1n) is 9.63. The van der Waals surface area contributed by atoms with Gasteiger partial charge in [0, 0.05) is 37.3 Å². The van der Waals surface area contributed by atoms with Crippen LogP contribution in [0, 0.1) is 10.8 Å². The fourth-order valence-corrected chi connectivity index (χ4v) is 5.89. The van der Waals surface area contributed by atoms with E-state index in [1.807, 2.05) is 0 Å². The van der Waals surface area contributed by atoms with Crippen molar-refractivity contribution in [1.82, 2.24) is 0 Å². The van der Waals surface area contributed by atoms with E-state index in [2.05, 4.69) is 27.7 Å². The van der Waals surface area contributed by atoms with Crippen LogP contribution in [-0.2, 0) is 17.7 Å². The lowest BCUT2D eigenvalue weighted by Crippen LogP contribution is -2.62. The molecule has 5 heteroatoms. The molecule has 23 heavy (non-hydrogen) atoms. The molecule has 136 valence electrons. The van der Waals surface area contributed by atoms with Crippen molar-refractivity contribution in [2.75, 3.05) is 26.4 Å². The van der Waals surface area contributed by atoms with Crippen LogP contribution in [0.3, 0.4) is 0 Å². The van der Waals surface area contributed by atoms with Crippen molar-refractivity contribution in [1.29, 1.82) is 0 Å². The van der Waals surface area contributed by atoms with E-state index in [4.69, 9.17) is 17.7 Å². The van der Waals surface area contributed by atoms with E-state index in [1.165, 1.54) is 38.5 Å². The molecule has 2 rings (SSSR count). The Hall–Kier alpha value is 0.0569. The third kappa shape index (κ3) is 4.57. The Morgan fingerprint density at radius 1 is 0.652 bits per heavy atom. The average Bonchev–Trinajstić information content (AvgIpc) is 2.62. The fraction of sp³-hybridized carbons (Fsp3) is 1.00. The van der Waals surface area contributed by atoms with E-state index in [-0.39, 0.29) is 10.8 Å². The Morgan fingerprint density at radius 2 is 1.00 bits per heavy atom. The van der Waals surface area contributed by atoms with Gasteiger partial charge in [-0.2, -0.15) is 0 Å². The molecule has 2 heterocycles. The Bertz CT molecular complexity index is 307. The molecule has 0 bridgehead atoms. The van der Waals surface area contributed by atoms with Crippen LogP contribution in [0.5, 0.6) is 0 Å². The first-order chi connectivity index (χ1) is 11.1. The zero-order chi connectivity index (χ0) is 16.8. The summed E-state index contributed by atoms with van der Waals surface area (Å²) in [5, 5.41) is 0. The predicted molar refractivity (Wildman–Crippen MR) is 94.1 cm³/mol. The van der Waals surface area contributed by atoms with Crippen LogP contribution in [0.4, 0.5) is 0 Å². The smallest absolute Gasteiger partial charge is 0.351 e. The Labute approximate surface area is 143 Å². The maximum Gasteiger partial charge on any atom is 0.679 e. The first-order valence-corrected chi connectivity index (χ1v) is 11.3. The molecule has 4 nitrogen and oxygen atoms in total. The Morgan fingerprint density at radius 3 is 1.26 bits per heavy atom. The molecule has 0 radical (unpaired) electrons. The van der Waals surface area contributed by atoms with Crippen molar-refractivity contribution in [2.45, 2.75) is 79.1 Å². The number of hydrogen-bond donors (Lipinski definition) is 0. The lowest BCUT2D eigenvalue weighted by atomic mass is 9.82. The molecule has 2 saturated heterocycles. The third-order valence-corrected chi connectivity index (χ3v) is 7.83. The lowest BCUT2D eigenvalue weighted by Gasteiger charge is -2.47. The molecule has 1 spiro atoms. The molecular formula is C18H36O4Si. The molecular weight excluding hydrogens is 308 g/mol. The summed E-state index contributed by atoms with van der Waals surface area (Å²) in [5.74, 6) is 0. The molecule has 2 aliphatic rings. The van der Waals surface area contributed by atoms with Gasteiger partial charge >= 0.3 is 9.05 Å². The van der Waals surface area contributed by atoms with Crippen LogP contribution in [0.1, 0.15) is 79.1 Å². The van der Waals surface area contributed by atoms with Gasteiger partial charge in [0.25, 0.3) is 0 Å². The largest absolute Gasteiger partial charge is 0.679 e. The minimum absolute atomic E-state index is 0.155. The molecule has 0 aliphatic carbocycles. The predicted octanol–water partition coefficient (Wildman–Crippen LogP) is 4.69. The second-order valence-electron chi connectivity index (χ2n) is 7.57. The fourth-order valence-electron chi connectivity index (χ4n) is 3.45. The Kier molecular flexibility index (Phi) is 7.11. The van der Waals surface area contributed by atoms with Crippen molar-refractivity contribution >= 4 is 9.05 Å². The number of unbranched alkanes of at least 4 members (excludes halogenated alkanes) is 2. The van der Waals surface area contributed by atoms with Gasteiger partial charge < -0.3 is 17.7 Å². The van der Waals surface area contributed by atoms with E-state index < -0.39 is 9.05 Å². The summed E-state index contributed by atoms with van der Waals surface area (Å²) in [6.07, 6.45) is 9.40. The van der Waals surface area contributed by atoms with E-state index in [0.29, 0.717) is 0 Å². The van der Waals surface area contributed by atoms with Crippen LogP contribution in [0.25, 0.3) is 0 Å². The molecule has 0 N–H and O–H groups in total. The topological polar surface area (TPSA) is 36.9 Å². The van der Waals surface area contributed by atoms with Crippen LogP contribution < -0.4 is 0 Å². The summed E-state index contributed by atoms with van der Waals surface area (Å²) in [5.41, 5.74) is 0.310. The molecule has 0 atom stereocenters. The van der Waals surface area contributed by atoms with Crippen molar-refractivity contribution in [2.24, 2.45) is 10.8 Å². The average molecular weight is 345 g/mol. The van der Waals surface area contributed by atoms with Crippen LogP contribution in [0.15, 0.2) is 0 Å². The second kappa shape index (κ2) is 8.43. The summed E-state index contributed by atoms with van der Waals surface area (Å²) in [6.45, 7) is 11.8. The second-order valence-corrected chi connectivity index (χ2v) is 9.72. The van der Waals surface area contributed by atoms with Crippen LogP contribution >= 0.6 is 0 Å². The summed E-state index contributed by atoms with van der Waals surface area (Å²) in [7, 11) is -2.86. The molecule has 0 amide bonds. The zero-order valence-electron chi connectivity index (χ0n) is 15.6. The molecule has 2 fully saturated rings. The van der Waals surface area contributed by atoms with Gasteiger partial charge in [0.2, 0.25) is 0 Å². The standard InChI is InChI=1S/C18H36O4Si/c1-5-9-11-17(7-3)13-19-23(20-14-17)21-15-18(8-4,16-22-23)12-10-6-2/h5-16H2,1-4H3. The number of rotatable bonds is 8. The van der Waals surface area contributed by atoms with E-state index >= 15 is 0 Å². The van der Waals surface area contributed by atoms with Gasteiger partial charge in [-0.3, -0.25) is 0 Å². The number of hydrogen-bond acceptors (Lipinski definition) is 4. The maximum absolute atomic E-state index is 6.12. The molecule has 0 saturated carbocycles. The van der Waals surface area contributed by atoms with Crippen LogP contribution in [-0.4, -0.2) is 35.5 Å². The monoisotopic (exact) mass is 344 g/mol. The van der Waals surface area contributed by atoms with Crippen molar-refractivity contribution in [3.05, 3.63) is 0 Å². The van der Waals surface area contributed by atoms with E-state index in [9.17, 15) is 0 Å². The highest BCUT2D eigenvalue weighted by molar-refractivity contribution is 6.53. The van der Waals surface area contributed by atoms with Gasteiger partial charge in [-0.1, -0.05) is 53.4 Å². The normalized spacial score (nSPS) is 38.1. The highest BCUT2D eigenvalue weighted by Gasteiger charge is 2.57. The van der Waals surface area contributed by atoms with Crippen molar-refractivity contribution in [3.8, 4) is 0 Å². The van der Waals surface area contributed by atoms with Gasteiger partial charge in [-0.25, -0.2) is 0 Å².